The number of hydrogen-bond donors (Lipinski definition) is 1. The average Bonchev–Trinajstić information content (AvgIpc) is 2.79. The van der Waals surface area contributed by atoms with Gasteiger partial charge in [0.2, 0.25) is 5.95 Å². The summed E-state index contributed by atoms with van der Waals surface area (Å²) >= 11 is 6.73. The fraction of sp³-hybridized carbons (Fsp3) is 0.391. The number of benzene rings is 1. The summed E-state index contributed by atoms with van der Waals surface area (Å²) in [6, 6.07) is 6.10. The number of ether oxygens (including phenoxy) is 2. The maximum absolute atomic E-state index is 9.51. The number of halogens is 1. The molecule has 4 rings (SSSR count). The topological polar surface area (TPSA) is 110 Å². The zero-order valence-electron chi connectivity index (χ0n) is 18.6. The van der Waals surface area contributed by atoms with Gasteiger partial charge in [-0.1, -0.05) is 11.6 Å². The van der Waals surface area contributed by atoms with E-state index in [1.54, 1.807) is 26.5 Å². The number of fused-ring (bicyclic) bond motifs is 1. The standard InChI is InChI=1S/C23H25ClN6O2/c1-13-16(31-3)10-17(32-4)19(24)18(13)15-9-14-11-27-22(26)29-20(14)21(28-15)30-7-5-23(2,12-25)6-8-30/h9-11H,5-8H2,1-4H3,(H2,26,27,29). The van der Waals surface area contributed by atoms with Crippen LogP contribution >= 0.6 is 11.6 Å². The molecule has 2 N–H and O–H groups in total. The highest BCUT2D eigenvalue weighted by Crippen LogP contribution is 2.44. The third-order valence-corrected chi connectivity index (χ3v) is 6.52. The highest BCUT2D eigenvalue weighted by Gasteiger charge is 2.32. The van der Waals surface area contributed by atoms with Gasteiger partial charge in [0.15, 0.2) is 5.82 Å². The summed E-state index contributed by atoms with van der Waals surface area (Å²) in [4.78, 5) is 15.8. The van der Waals surface area contributed by atoms with Crippen molar-refractivity contribution in [2.45, 2.75) is 26.7 Å². The van der Waals surface area contributed by atoms with Crippen molar-refractivity contribution in [3.63, 3.8) is 0 Å². The van der Waals surface area contributed by atoms with E-state index in [-0.39, 0.29) is 11.4 Å². The van der Waals surface area contributed by atoms with Gasteiger partial charge in [-0.25, -0.2) is 15.0 Å². The highest BCUT2D eigenvalue weighted by atomic mass is 35.5. The van der Waals surface area contributed by atoms with Gasteiger partial charge in [0, 0.05) is 41.9 Å². The number of aromatic nitrogens is 3. The van der Waals surface area contributed by atoms with Crippen LogP contribution in [0, 0.1) is 23.7 Å². The monoisotopic (exact) mass is 452 g/mol. The summed E-state index contributed by atoms with van der Waals surface area (Å²) < 4.78 is 11.0. The van der Waals surface area contributed by atoms with E-state index >= 15 is 0 Å². The Balaban J connectivity index is 1.93. The number of rotatable bonds is 4. The summed E-state index contributed by atoms with van der Waals surface area (Å²) in [6.45, 7) is 5.31. The minimum atomic E-state index is -0.335. The zero-order chi connectivity index (χ0) is 23.0. The molecule has 2 aromatic heterocycles. The maximum atomic E-state index is 9.51. The van der Waals surface area contributed by atoms with Crippen molar-refractivity contribution >= 4 is 34.3 Å². The van der Waals surface area contributed by atoms with E-state index in [2.05, 4.69) is 20.9 Å². The third kappa shape index (κ3) is 3.73. The molecule has 1 fully saturated rings. The molecule has 0 unspecified atom stereocenters. The van der Waals surface area contributed by atoms with Crippen LogP contribution in [0.2, 0.25) is 5.02 Å². The molecule has 0 aliphatic carbocycles. The van der Waals surface area contributed by atoms with Crippen LogP contribution in [0.25, 0.3) is 22.2 Å². The molecular formula is C23H25ClN6O2. The molecule has 0 radical (unpaired) electrons. The van der Waals surface area contributed by atoms with Crippen LogP contribution in [0.3, 0.4) is 0 Å². The van der Waals surface area contributed by atoms with Crippen LogP contribution in [-0.2, 0) is 0 Å². The van der Waals surface area contributed by atoms with Crippen LogP contribution in [0.15, 0.2) is 18.3 Å². The van der Waals surface area contributed by atoms with Crippen molar-refractivity contribution in [1.82, 2.24) is 15.0 Å². The molecule has 0 saturated carbocycles. The van der Waals surface area contributed by atoms with Gasteiger partial charge in [-0.15, -0.1) is 0 Å². The predicted molar refractivity (Wildman–Crippen MR) is 125 cm³/mol. The molecular weight excluding hydrogens is 428 g/mol. The minimum Gasteiger partial charge on any atom is -0.496 e. The third-order valence-electron chi connectivity index (χ3n) is 6.14. The van der Waals surface area contributed by atoms with Crippen molar-refractivity contribution in [2.75, 3.05) is 37.9 Å². The lowest BCUT2D eigenvalue weighted by Gasteiger charge is -2.36. The Hall–Kier alpha value is -3.31. The van der Waals surface area contributed by atoms with Crippen molar-refractivity contribution in [2.24, 2.45) is 5.41 Å². The number of nitrogen functional groups attached to an aromatic ring is 1. The number of methoxy groups -OCH3 is 2. The fourth-order valence-corrected chi connectivity index (χ4v) is 4.45. The largest absolute Gasteiger partial charge is 0.496 e. The van der Waals surface area contributed by atoms with Gasteiger partial charge in [0.25, 0.3) is 0 Å². The fourth-order valence-electron chi connectivity index (χ4n) is 4.08. The molecule has 8 nitrogen and oxygen atoms in total. The van der Waals surface area contributed by atoms with Gasteiger partial charge < -0.3 is 20.1 Å². The molecule has 1 aliphatic rings. The van der Waals surface area contributed by atoms with Crippen LogP contribution < -0.4 is 20.1 Å². The number of nitrogens with two attached hydrogens (primary N) is 1. The first-order chi connectivity index (χ1) is 15.3. The van der Waals surface area contributed by atoms with E-state index in [1.807, 2.05) is 19.9 Å². The van der Waals surface area contributed by atoms with E-state index in [0.717, 1.165) is 29.4 Å². The van der Waals surface area contributed by atoms with Gasteiger partial charge >= 0.3 is 0 Å². The predicted octanol–water partition coefficient (Wildman–Crippen LogP) is 4.38. The van der Waals surface area contributed by atoms with E-state index in [1.165, 1.54) is 0 Å². The SMILES string of the molecule is COc1cc(OC)c(Cl)c(-c2cc3cnc(N)nc3c(N3CCC(C)(C#N)CC3)n2)c1C. The lowest BCUT2D eigenvalue weighted by Crippen LogP contribution is -2.38. The molecule has 166 valence electrons. The summed E-state index contributed by atoms with van der Waals surface area (Å²) in [5, 5.41) is 10.8. The van der Waals surface area contributed by atoms with Gasteiger partial charge in [-0.05, 0) is 32.8 Å². The van der Waals surface area contributed by atoms with Crippen LogP contribution in [0.5, 0.6) is 11.5 Å². The maximum Gasteiger partial charge on any atom is 0.220 e. The lowest BCUT2D eigenvalue weighted by atomic mass is 9.82. The van der Waals surface area contributed by atoms with E-state index in [9.17, 15) is 5.26 Å². The summed E-state index contributed by atoms with van der Waals surface area (Å²) in [5.41, 5.74) is 8.47. The van der Waals surface area contributed by atoms with Crippen LogP contribution in [0.1, 0.15) is 25.3 Å². The van der Waals surface area contributed by atoms with Crippen molar-refractivity contribution in [3.8, 4) is 28.8 Å². The summed E-state index contributed by atoms with van der Waals surface area (Å²) in [7, 11) is 3.17. The van der Waals surface area contributed by atoms with E-state index in [4.69, 9.17) is 31.8 Å². The summed E-state index contributed by atoms with van der Waals surface area (Å²) in [6.07, 6.45) is 3.17. The number of hydrogen-bond acceptors (Lipinski definition) is 8. The average molecular weight is 453 g/mol. The van der Waals surface area contributed by atoms with Crippen molar-refractivity contribution in [1.29, 1.82) is 5.26 Å². The molecule has 1 saturated heterocycles. The number of nitrogens with zero attached hydrogens (tertiary/aromatic N) is 5. The van der Waals surface area contributed by atoms with Crippen molar-refractivity contribution < 1.29 is 9.47 Å². The first-order valence-electron chi connectivity index (χ1n) is 10.3. The Morgan fingerprint density at radius 2 is 1.84 bits per heavy atom. The minimum absolute atomic E-state index is 0.185. The number of pyridine rings is 1. The van der Waals surface area contributed by atoms with Crippen molar-refractivity contribution in [3.05, 3.63) is 28.9 Å². The van der Waals surface area contributed by atoms with Gasteiger partial charge in [-0.2, -0.15) is 5.26 Å². The molecule has 0 bridgehead atoms. The second-order valence-corrected chi connectivity index (χ2v) is 8.63. The van der Waals surface area contributed by atoms with Gasteiger partial charge in [0.1, 0.15) is 17.0 Å². The second-order valence-electron chi connectivity index (χ2n) is 8.25. The Kier molecular flexibility index (Phi) is 5.70. The molecule has 0 spiro atoms. The Morgan fingerprint density at radius 1 is 1.16 bits per heavy atom. The molecule has 3 aromatic rings. The van der Waals surface area contributed by atoms with Gasteiger partial charge in [0.05, 0.1) is 36.4 Å². The smallest absolute Gasteiger partial charge is 0.220 e. The molecule has 1 aliphatic heterocycles. The molecule has 9 heteroatoms. The van der Waals surface area contributed by atoms with Crippen LogP contribution in [-0.4, -0.2) is 42.3 Å². The number of piperidine rings is 1. The zero-order valence-corrected chi connectivity index (χ0v) is 19.3. The summed E-state index contributed by atoms with van der Waals surface area (Å²) in [5.74, 6) is 2.04. The molecule has 0 atom stereocenters. The number of anilines is 2. The normalized spacial score (nSPS) is 15.4. The number of nitriles is 1. The first kappa shape index (κ1) is 21.9. The van der Waals surface area contributed by atoms with E-state index in [0.29, 0.717) is 46.6 Å². The van der Waals surface area contributed by atoms with Crippen LogP contribution in [0.4, 0.5) is 11.8 Å². The molecule has 1 aromatic carbocycles. The first-order valence-corrected chi connectivity index (χ1v) is 10.7. The second kappa shape index (κ2) is 8.32. The van der Waals surface area contributed by atoms with E-state index < -0.39 is 0 Å². The Morgan fingerprint density at radius 3 is 2.47 bits per heavy atom. The molecule has 32 heavy (non-hydrogen) atoms. The Bertz CT molecular complexity index is 1200. The molecule has 3 heterocycles. The van der Waals surface area contributed by atoms with Gasteiger partial charge in [-0.3, -0.25) is 0 Å². The quantitative estimate of drug-likeness (QED) is 0.620. The lowest BCUT2D eigenvalue weighted by molar-refractivity contribution is 0.336. The highest BCUT2D eigenvalue weighted by molar-refractivity contribution is 6.35. The Labute approximate surface area is 191 Å². The molecule has 0 amide bonds.